The number of allylic oxidation sites excluding steroid dienone is 2. The van der Waals surface area contributed by atoms with Crippen molar-refractivity contribution in [1.82, 2.24) is 0 Å². The number of carboxylic acids is 1. The van der Waals surface area contributed by atoms with Crippen molar-refractivity contribution in [3.63, 3.8) is 0 Å². The Labute approximate surface area is 84.1 Å². The summed E-state index contributed by atoms with van der Waals surface area (Å²) in [7, 11) is 0. The lowest BCUT2D eigenvalue weighted by Gasteiger charge is -2.10. The van der Waals surface area contributed by atoms with Gasteiger partial charge in [-0.05, 0) is 25.3 Å². The molecule has 0 heterocycles. The first-order valence-corrected chi connectivity index (χ1v) is 4.86. The maximum absolute atomic E-state index is 10.5. The highest BCUT2D eigenvalue weighted by Crippen LogP contribution is 2.10. The summed E-state index contributed by atoms with van der Waals surface area (Å²) >= 11 is 0. The van der Waals surface area contributed by atoms with Crippen LogP contribution in [0.1, 0.15) is 19.8 Å². The Morgan fingerprint density at radius 1 is 1.64 bits per heavy atom. The van der Waals surface area contributed by atoms with Gasteiger partial charge in [0.15, 0.2) is 0 Å². The van der Waals surface area contributed by atoms with Crippen LogP contribution in [0.4, 0.5) is 0 Å². The van der Waals surface area contributed by atoms with Crippen molar-refractivity contribution in [3.8, 4) is 0 Å². The summed E-state index contributed by atoms with van der Waals surface area (Å²) in [5, 5.41) is 8.61. The smallest absolute Gasteiger partial charge is 0.308 e. The molecule has 0 fully saturated rings. The second-order valence-corrected chi connectivity index (χ2v) is 3.51. The largest absolute Gasteiger partial charge is 0.481 e. The molecule has 0 aliphatic heterocycles. The fraction of sp³-hybridized carbons (Fsp3) is 0.545. The van der Waals surface area contributed by atoms with Crippen molar-refractivity contribution in [2.24, 2.45) is 5.92 Å². The van der Waals surface area contributed by atoms with Crippen molar-refractivity contribution < 1.29 is 14.6 Å². The molecule has 0 aromatic rings. The maximum atomic E-state index is 10.5. The highest BCUT2D eigenvalue weighted by atomic mass is 16.5. The quantitative estimate of drug-likeness (QED) is 0.731. The molecule has 1 aliphatic carbocycles. The van der Waals surface area contributed by atoms with Gasteiger partial charge in [-0.1, -0.05) is 18.2 Å². The molecule has 14 heavy (non-hydrogen) atoms. The standard InChI is InChI=1S/C11H16O3/c1-9(11(12)13)7-14-8-10-5-3-2-4-6-10/h3,5-6,9H,2,4,7-8H2,1H3,(H,12,13)/t9-/m0/s1. The van der Waals surface area contributed by atoms with Gasteiger partial charge in [0.05, 0.1) is 19.1 Å². The zero-order valence-electron chi connectivity index (χ0n) is 8.40. The minimum Gasteiger partial charge on any atom is -0.481 e. The average molecular weight is 196 g/mol. The summed E-state index contributed by atoms with van der Waals surface area (Å²) in [6.07, 6.45) is 8.43. The van der Waals surface area contributed by atoms with Gasteiger partial charge in [-0.25, -0.2) is 0 Å². The van der Waals surface area contributed by atoms with Gasteiger partial charge in [0.25, 0.3) is 0 Å². The van der Waals surface area contributed by atoms with Gasteiger partial charge in [0.1, 0.15) is 0 Å². The Morgan fingerprint density at radius 3 is 3.00 bits per heavy atom. The van der Waals surface area contributed by atoms with Gasteiger partial charge in [-0.15, -0.1) is 0 Å². The molecule has 0 aromatic carbocycles. The van der Waals surface area contributed by atoms with Gasteiger partial charge in [-0.2, -0.15) is 0 Å². The number of hydrogen-bond acceptors (Lipinski definition) is 2. The van der Waals surface area contributed by atoms with E-state index in [4.69, 9.17) is 9.84 Å². The van der Waals surface area contributed by atoms with E-state index in [9.17, 15) is 4.79 Å². The zero-order chi connectivity index (χ0) is 10.4. The van der Waals surface area contributed by atoms with Crippen LogP contribution in [0.5, 0.6) is 0 Å². The van der Waals surface area contributed by atoms with Crippen molar-refractivity contribution in [3.05, 3.63) is 23.8 Å². The topological polar surface area (TPSA) is 46.5 Å². The van der Waals surface area contributed by atoms with Crippen LogP contribution in [0.3, 0.4) is 0 Å². The lowest BCUT2D eigenvalue weighted by Crippen LogP contribution is -2.16. The van der Waals surface area contributed by atoms with E-state index in [1.54, 1.807) is 6.92 Å². The van der Waals surface area contributed by atoms with Crippen LogP contribution in [0.15, 0.2) is 23.8 Å². The second kappa shape index (κ2) is 5.60. The van der Waals surface area contributed by atoms with Crippen LogP contribution in [0.25, 0.3) is 0 Å². The van der Waals surface area contributed by atoms with Crippen LogP contribution in [0, 0.1) is 5.92 Å². The lowest BCUT2D eigenvalue weighted by molar-refractivity contribution is -0.142. The molecule has 0 bridgehead atoms. The fourth-order valence-electron chi connectivity index (χ4n) is 1.20. The number of rotatable bonds is 5. The second-order valence-electron chi connectivity index (χ2n) is 3.51. The predicted octanol–water partition coefficient (Wildman–Crippen LogP) is 2.00. The molecule has 1 aliphatic rings. The molecule has 0 amide bonds. The summed E-state index contributed by atoms with van der Waals surface area (Å²) in [5.74, 6) is -1.23. The molecule has 0 saturated carbocycles. The Kier molecular flexibility index (Phi) is 4.40. The van der Waals surface area contributed by atoms with Crippen molar-refractivity contribution in [2.75, 3.05) is 13.2 Å². The van der Waals surface area contributed by atoms with Crippen molar-refractivity contribution >= 4 is 5.97 Å². The van der Waals surface area contributed by atoms with E-state index in [0.717, 1.165) is 18.4 Å². The Hall–Kier alpha value is -1.09. The minimum absolute atomic E-state index is 0.278. The number of hydrogen-bond donors (Lipinski definition) is 1. The lowest BCUT2D eigenvalue weighted by atomic mass is 10.1. The third-order valence-electron chi connectivity index (χ3n) is 2.13. The summed E-state index contributed by atoms with van der Waals surface area (Å²) in [5.41, 5.74) is 1.15. The zero-order valence-corrected chi connectivity index (χ0v) is 8.40. The van der Waals surface area contributed by atoms with Crippen LogP contribution in [-0.2, 0) is 9.53 Å². The van der Waals surface area contributed by atoms with Crippen LogP contribution in [-0.4, -0.2) is 24.3 Å². The Balaban J connectivity index is 2.18. The van der Waals surface area contributed by atoms with E-state index in [0.29, 0.717) is 6.61 Å². The van der Waals surface area contributed by atoms with Crippen molar-refractivity contribution in [1.29, 1.82) is 0 Å². The first kappa shape index (κ1) is 11.0. The molecule has 0 aromatic heterocycles. The van der Waals surface area contributed by atoms with E-state index >= 15 is 0 Å². The predicted molar refractivity (Wildman–Crippen MR) is 54.1 cm³/mol. The molecule has 3 heteroatoms. The number of carbonyl (C=O) groups is 1. The molecule has 1 N–H and O–H groups in total. The molecular weight excluding hydrogens is 180 g/mol. The number of carboxylic acid groups (broad SMARTS) is 1. The van der Waals surface area contributed by atoms with Crippen LogP contribution in [0.2, 0.25) is 0 Å². The van der Waals surface area contributed by atoms with Crippen molar-refractivity contribution in [2.45, 2.75) is 19.8 Å². The van der Waals surface area contributed by atoms with Crippen LogP contribution < -0.4 is 0 Å². The van der Waals surface area contributed by atoms with E-state index in [2.05, 4.69) is 12.2 Å². The molecule has 78 valence electrons. The first-order chi connectivity index (χ1) is 6.70. The summed E-state index contributed by atoms with van der Waals surface area (Å²) in [6, 6.07) is 0. The third-order valence-corrected chi connectivity index (χ3v) is 2.13. The highest BCUT2D eigenvalue weighted by molar-refractivity contribution is 5.69. The fourth-order valence-corrected chi connectivity index (χ4v) is 1.20. The summed E-state index contributed by atoms with van der Waals surface area (Å²) in [4.78, 5) is 10.5. The minimum atomic E-state index is -0.807. The summed E-state index contributed by atoms with van der Waals surface area (Å²) in [6.45, 7) is 2.45. The average Bonchev–Trinajstić information content (AvgIpc) is 2.19. The van der Waals surface area contributed by atoms with Crippen LogP contribution >= 0.6 is 0 Å². The highest BCUT2D eigenvalue weighted by Gasteiger charge is 2.10. The molecular formula is C11H16O3. The van der Waals surface area contributed by atoms with Gasteiger partial charge in [0, 0.05) is 0 Å². The van der Waals surface area contributed by atoms with E-state index in [1.807, 2.05) is 6.08 Å². The molecule has 1 rings (SSSR count). The molecule has 0 radical (unpaired) electrons. The number of ether oxygens (including phenoxy) is 1. The Bertz CT molecular complexity index is 253. The van der Waals surface area contributed by atoms with Gasteiger partial charge in [0.2, 0.25) is 0 Å². The van der Waals surface area contributed by atoms with Gasteiger partial charge in [-0.3, -0.25) is 4.79 Å². The van der Waals surface area contributed by atoms with Gasteiger partial charge >= 0.3 is 5.97 Å². The normalized spacial score (nSPS) is 17.6. The maximum Gasteiger partial charge on any atom is 0.308 e. The molecule has 0 unspecified atom stereocenters. The number of aliphatic carboxylic acids is 1. The van der Waals surface area contributed by atoms with E-state index in [-0.39, 0.29) is 6.61 Å². The summed E-state index contributed by atoms with van der Waals surface area (Å²) < 4.78 is 5.30. The SMILES string of the molecule is C[C@@H](COCC1=CCCC=C1)C(=O)O. The van der Waals surface area contributed by atoms with Gasteiger partial charge < -0.3 is 9.84 Å². The third kappa shape index (κ3) is 3.75. The van der Waals surface area contributed by atoms with E-state index in [1.165, 1.54) is 0 Å². The Morgan fingerprint density at radius 2 is 2.43 bits per heavy atom. The molecule has 0 spiro atoms. The molecule has 3 nitrogen and oxygen atoms in total. The molecule has 1 atom stereocenters. The van der Waals surface area contributed by atoms with E-state index < -0.39 is 11.9 Å². The first-order valence-electron chi connectivity index (χ1n) is 4.86. The molecule has 0 saturated heterocycles. The monoisotopic (exact) mass is 196 g/mol.